The van der Waals surface area contributed by atoms with Gasteiger partial charge in [-0.3, -0.25) is 4.79 Å². The van der Waals surface area contributed by atoms with Gasteiger partial charge in [0.25, 0.3) is 0 Å². The largest absolute Gasteiger partial charge is 0.393 e. The van der Waals surface area contributed by atoms with E-state index in [-0.39, 0.29) is 29.0 Å². The van der Waals surface area contributed by atoms with Gasteiger partial charge < -0.3 is 10.2 Å². The van der Waals surface area contributed by atoms with Crippen molar-refractivity contribution in [3.8, 4) is 0 Å². The molecule has 0 aliphatic heterocycles. The topological polar surface area (TPSA) is 57.5 Å². The van der Waals surface area contributed by atoms with Gasteiger partial charge in [-0.15, -0.1) is 0 Å². The molecule has 0 aromatic rings. The Kier molecular flexibility index (Phi) is 3.30. The van der Waals surface area contributed by atoms with Gasteiger partial charge in [0.2, 0.25) is 0 Å². The van der Waals surface area contributed by atoms with Crippen molar-refractivity contribution in [3.05, 3.63) is 0 Å². The minimum Gasteiger partial charge on any atom is -0.393 e. The van der Waals surface area contributed by atoms with Crippen LogP contribution in [0.5, 0.6) is 0 Å². The molecule has 0 spiro atoms. The summed E-state index contributed by atoms with van der Waals surface area (Å²) in [7, 11) is 0. The molecule has 0 unspecified atom stereocenters. The Balaban J connectivity index is 1.68. The Morgan fingerprint density at radius 2 is 1.77 bits per heavy atom. The van der Waals surface area contributed by atoms with Crippen LogP contribution in [0.1, 0.15) is 65.2 Å². The van der Waals surface area contributed by atoms with Gasteiger partial charge in [-0.25, -0.2) is 0 Å². The van der Waals surface area contributed by atoms with E-state index in [1.807, 2.05) is 0 Å². The zero-order chi connectivity index (χ0) is 15.7. The molecule has 0 aromatic heterocycles. The quantitative estimate of drug-likeness (QED) is 0.723. The van der Waals surface area contributed by atoms with Crippen LogP contribution in [0.2, 0.25) is 0 Å². The lowest BCUT2D eigenvalue weighted by molar-refractivity contribution is -0.158. The van der Waals surface area contributed by atoms with Crippen molar-refractivity contribution in [3.63, 3.8) is 0 Å². The molecule has 2 N–H and O–H groups in total. The minimum atomic E-state index is -0.208. The fraction of sp³-hybridized carbons (Fsp3) is 0.947. The van der Waals surface area contributed by atoms with Gasteiger partial charge in [-0.2, -0.15) is 0 Å². The summed E-state index contributed by atoms with van der Waals surface area (Å²) in [6.07, 6.45) is 7.04. The first-order chi connectivity index (χ1) is 10.3. The molecule has 4 fully saturated rings. The molecular weight excluding hydrogens is 276 g/mol. The number of hydrogen-bond donors (Lipinski definition) is 2. The van der Waals surface area contributed by atoms with Gasteiger partial charge in [-0.05, 0) is 73.5 Å². The van der Waals surface area contributed by atoms with Gasteiger partial charge in [0.1, 0.15) is 5.78 Å². The molecule has 4 saturated carbocycles. The number of aliphatic hydroxyl groups excluding tert-OH is 2. The molecule has 22 heavy (non-hydrogen) atoms. The summed E-state index contributed by atoms with van der Waals surface area (Å²) in [6, 6.07) is 0. The van der Waals surface area contributed by atoms with Crippen molar-refractivity contribution in [2.24, 2.45) is 34.5 Å². The molecular formula is C19H30O3. The molecule has 3 heteroatoms. The fourth-order valence-corrected chi connectivity index (χ4v) is 6.93. The number of fused-ring (bicyclic) bond motifs is 5. The summed E-state index contributed by atoms with van der Waals surface area (Å²) in [5, 5.41) is 20.2. The molecule has 0 bridgehead atoms. The Bertz CT molecular complexity index is 489. The number of hydrogen-bond acceptors (Lipinski definition) is 3. The second-order valence-electron chi connectivity index (χ2n) is 9.33. The molecule has 4 aliphatic rings. The second kappa shape index (κ2) is 4.80. The van der Waals surface area contributed by atoms with Crippen LogP contribution in [0.3, 0.4) is 0 Å². The first-order valence-electron chi connectivity index (χ1n) is 9.22. The fourth-order valence-electron chi connectivity index (χ4n) is 6.93. The highest BCUT2D eigenvalue weighted by molar-refractivity contribution is 5.83. The van der Waals surface area contributed by atoms with Crippen molar-refractivity contribution < 1.29 is 15.0 Å². The number of ketones is 1. The number of rotatable bonds is 0. The lowest BCUT2D eigenvalue weighted by atomic mass is 9.45. The summed E-state index contributed by atoms with van der Waals surface area (Å²) in [5.74, 6) is 1.85. The standard InChI is InChI=1S/C19H30O3/c1-18-5-4-14-17(15(18)9-13(21)10-18)16(22)8-11-7-12(20)3-6-19(11,14)2/h11-15,17,20-21H,3-10H2,1-2H3/t11-,12+,13+,14+,15+,17-,18-,19+/m1/s1. The van der Waals surface area contributed by atoms with E-state index >= 15 is 0 Å². The predicted molar refractivity (Wildman–Crippen MR) is 84.1 cm³/mol. The van der Waals surface area contributed by atoms with Gasteiger partial charge in [0.05, 0.1) is 12.2 Å². The summed E-state index contributed by atoms with van der Waals surface area (Å²) in [4.78, 5) is 13.0. The third kappa shape index (κ3) is 1.97. The second-order valence-corrected chi connectivity index (χ2v) is 9.33. The Labute approximate surface area is 133 Å². The zero-order valence-electron chi connectivity index (χ0n) is 13.9. The summed E-state index contributed by atoms with van der Waals surface area (Å²) < 4.78 is 0. The first kappa shape index (κ1) is 15.1. The maximum atomic E-state index is 13.0. The number of carbonyl (C=O) groups excluding carboxylic acids is 1. The van der Waals surface area contributed by atoms with E-state index in [0.717, 1.165) is 44.9 Å². The maximum absolute atomic E-state index is 13.0. The van der Waals surface area contributed by atoms with E-state index in [4.69, 9.17) is 0 Å². The van der Waals surface area contributed by atoms with E-state index in [9.17, 15) is 15.0 Å². The van der Waals surface area contributed by atoms with Gasteiger partial charge in [0.15, 0.2) is 0 Å². The highest BCUT2D eigenvalue weighted by Crippen LogP contribution is 2.65. The number of carbonyl (C=O) groups is 1. The third-order valence-electron chi connectivity index (χ3n) is 8.19. The summed E-state index contributed by atoms with van der Waals surface area (Å²) in [5.41, 5.74) is 0.403. The number of aliphatic hydroxyl groups is 2. The SMILES string of the molecule is C[C@]12CC[C@H]3[C@@H](C(=O)C[C@H]4C[C@@H](O)CC[C@@]43C)[C@@H]1C[C@H](O)C2. The van der Waals surface area contributed by atoms with E-state index < -0.39 is 0 Å². The van der Waals surface area contributed by atoms with E-state index in [1.54, 1.807) is 0 Å². The molecule has 124 valence electrons. The van der Waals surface area contributed by atoms with E-state index in [0.29, 0.717) is 30.0 Å². The molecule has 8 atom stereocenters. The average molecular weight is 306 g/mol. The lowest BCUT2D eigenvalue weighted by Gasteiger charge is -2.59. The number of Topliss-reactive ketones (excluding diaryl/α,β-unsaturated/α-hetero) is 1. The van der Waals surface area contributed by atoms with Crippen molar-refractivity contribution in [1.29, 1.82) is 0 Å². The van der Waals surface area contributed by atoms with Gasteiger partial charge in [0, 0.05) is 12.3 Å². The summed E-state index contributed by atoms with van der Waals surface area (Å²) >= 11 is 0. The van der Waals surface area contributed by atoms with E-state index in [1.165, 1.54) is 0 Å². The molecule has 4 rings (SSSR count). The average Bonchev–Trinajstić information content (AvgIpc) is 2.75. The van der Waals surface area contributed by atoms with Crippen LogP contribution in [-0.4, -0.2) is 28.2 Å². The van der Waals surface area contributed by atoms with E-state index in [2.05, 4.69) is 13.8 Å². The van der Waals surface area contributed by atoms with Gasteiger partial charge >= 0.3 is 0 Å². The first-order valence-corrected chi connectivity index (χ1v) is 9.22. The van der Waals surface area contributed by atoms with Crippen molar-refractivity contribution in [1.82, 2.24) is 0 Å². The highest BCUT2D eigenvalue weighted by Gasteiger charge is 2.61. The zero-order valence-corrected chi connectivity index (χ0v) is 13.9. The maximum Gasteiger partial charge on any atom is 0.136 e. The highest BCUT2D eigenvalue weighted by atomic mass is 16.3. The predicted octanol–water partition coefficient (Wildman–Crippen LogP) is 2.93. The molecule has 0 saturated heterocycles. The molecule has 0 heterocycles. The van der Waals surface area contributed by atoms with Crippen LogP contribution in [0.15, 0.2) is 0 Å². The van der Waals surface area contributed by atoms with Crippen LogP contribution in [0.4, 0.5) is 0 Å². The molecule has 0 amide bonds. The van der Waals surface area contributed by atoms with Crippen LogP contribution in [-0.2, 0) is 4.79 Å². The minimum absolute atomic E-state index is 0.174. The molecule has 0 radical (unpaired) electrons. The Hall–Kier alpha value is -0.410. The monoisotopic (exact) mass is 306 g/mol. The molecule has 4 aliphatic carbocycles. The normalized spacial score (nSPS) is 57.9. The smallest absolute Gasteiger partial charge is 0.136 e. The van der Waals surface area contributed by atoms with Crippen LogP contribution >= 0.6 is 0 Å². The van der Waals surface area contributed by atoms with Crippen molar-refractivity contribution in [2.45, 2.75) is 77.4 Å². The Morgan fingerprint density at radius 1 is 1.00 bits per heavy atom. The molecule has 3 nitrogen and oxygen atoms in total. The van der Waals surface area contributed by atoms with Crippen molar-refractivity contribution >= 4 is 5.78 Å². The third-order valence-corrected chi connectivity index (χ3v) is 8.19. The van der Waals surface area contributed by atoms with Crippen LogP contribution in [0.25, 0.3) is 0 Å². The van der Waals surface area contributed by atoms with Crippen LogP contribution in [0, 0.1) is 34.5 Å². The lowest BCUT2D eigenvalue weighted by Crippen LogP contribution is -2.56. The van der Waals surface area contributed by atoms with Crippen molar-refractivity contribution in [2.75, 3.05) is 0 Å². The molecule has 0 aromatic carbocycles. The van der Waals surface area contributed by atoms with Crippen LogP contribution < -0.4 is 0 Å². The summed E-state index contributed by atoms with van der Waals surface area (Å²) in [6.45, 7) is 4.69. The Morgan fingerprint density at radius 3 is 2.55 bits per heavy atom. The van der Waals surface area contributed by atoms with Gasteiger partial charge in [-0.1, -0.05) is 13.8 Å².